The summed E-state index contributed by atoms with van der Waals surface area (Å²) in [5.41, 5.74) is -1.50. The van der Waals surface area contributed by atoms with E-state index in [1.165, 1.54) is 0 Å². The number of carbonyl (C=O) groups is 1. The highest BCUT2D eigenvalue weighted by molar-refractivity contribution is 5.78. The number of para-hydroxylation sites is 2. The van der Waals surface area contributed by atoms with Crippen LogP contribution in [-0.2, 0) is 4.79 Å². The van der Waals surface area contributed by atoms with Gasteiger partial charge in [-0.25, -0.2) is 9.18 Å². The summed E-state index contributed by atoms with van der Waals surface area (Å²) in [6.07, 6.45) is -0.118. The molecular weight excluding hydrogens is 225 g/mol. The van der Waals surface area contributed by atoms with Crippen molar-refractivity contribution in [1.29, 1.82) is 0 Å². The Hall–Kier alpha value is -1.78. The van der Waals surface area contributed by atoms with Gasteiger partial charge in [0.05, 0.1) is 5.69 Å². The van der Waals surface area contributed by atoms with Crippen molar-refractivity contribution < 1.29 is 19.4 Å². The molecule has 0 aliphatic carbocycles. The van der Waals surface area contributed by atoms with Gasteiger partial charge in [0.1, 0.15) is 5.75 Å². The maximum atomic E-state index is 13.8. The molecule has 2 N–H and O–H groups in total. The standard InChI is InChI=1S/C12H14FNO3/c13-12(11(16)17)5-7-14(8-6-12)9-3-1-2-4-10(9)15/h1-4,15H,5-8H2,(H,16,17). The van der Waals surface area contributed by atoms with Gasteiger partial charge in [0.25, 0.3) is 0 Å². The molecule has 0 saturated carbocycles. The zero-order valence-electron chi connectivity index (χ0n) is 9.27. The lowest BCUT2D eigenvalue weighted by Crippen LogP contribution is -2.46. The van der Waals surface area contributed by atoms with E-state index in [-0.39, 0.29) is 18.6 Å². The molecule has 0 aromatic heterocycles. The van der Waals surface area contributed by atoms with Crippen molar-refractivity contribution in [1.82, 2.24) is 0 Å². The van der Waals surface area contributed by atoms with Gasteiger partial charge >= 0.3 is 5.97 Å². The Balaban J connectivity index is 2.10. The Kier molecular flexibility index (Phi) is 2.92. The van der Waals surface area contributed by atoms with Crippen molar-refractivity contribution in [3.05, 3.63) is 24.3 Å². The minimum Gasteiger partial charge on any atom is -0.506 e. The highest BCUT2D eigenvalue weighted by Crippen LogP contribution is 2.33. The van der Waals surface area contributed by atoms with Crippen LogP contribution < -0.4 is 4.90 Å². The first kappa shape index (κ1) is 11.7. The summed E-state index contributed by atoms with van der Waals surface area (Å²) >= 11 is 0. The van der Waals surface area contributed by atoms with E-state index in [9.17, 15) is 14.3 Å². The molecule has 0 spiro atoms. The summed E-state index contributed by atoms with van der Waals surface area (Å²) in [7, 11) is 0. The number of anilines is 1. The van der Waals surface area contributed by atoms with E-state index in [4.69, 9.17) is 5.11 Å². The largest absolute Gasteiger partial charge is 0.506 e. The number of aliphatic carboxylic acids is 1. The van der Waals surface area contributed by atoms with Crippen LogP contribution in [0.1, 0.15) is 12.8 Å². The predicted octanol–water partition coefficient (Wildman–Crippen LogP) is 1.79. The third-order valence-corrected chi connectivity index (χ3v) is 3.16. The summed E-state index contributed by atoms with van der Waals surface area (Å²) in [6.45, 7) is 0.584. The SMILES string of the molecule is O=C(O)C1(F)CCN(c2ccccc2O)CC1. The number of nitrogens with zero attached hydrogens (tertiary/aromatic N) is 1. The fourth-order valence-electron chi connectivity index (χ4n) is 2.05. The number of piperidine rings is 1. The molecule has 1 saturated heterocycles. The summed E-state index contributed by atoms with van der Waals surface area (Å²) in [6, 6.07) is 6.79. The molecule has 5 heteroatoms. The number of halogens is 1. The lowest BCUT2D eigenvalue weighted by atomic mass is 9.93. The second-order valence-corrected chi connectivity index (χ2v) is 4.25. The number of rotatable bonds is 2. The molecule has 1 aromatic carbocycles. The summed E-state index contributed by atoms with van der Waals surface area (Å²) < 4.78 is 13.8. The summed E-state index contributed by atoms with van der Waals surface area (Å²) in [4.78, 5) is 12.5. The van der Waals surface area contributed by atoms with Crippen molar-refractivity contribution in [2.45, 2.75) is 18.5 Å². The lowest BCUT2D eigenvalue weighted by molar-refractivity contribution is -0.152. The topological polar surface area (TPSA) is 60.8 Å². The van der Waals surface area contributed by atoms with Crippen molar-refractivity contribution >= 4 is 11.7 Å². The molecule has 2 rings (SSSR count). The summed E-state index contributed by atoms with van der Waals surface area (Å²) in [5, 5.41) is 18.4. The minimum absolute atomic E-state index is 0.0589. The second-order valence-electron chi connectivity index (χ2n) is 4.25. The van der Waals surface area contributed by atoms with Gasteiger partial charge in [0.2, 0.25) is 5.67 Å². The van der Waals surface area contributed by atoms with Gasteiger partial charge in [-0.05, 0) is 12.1 Å². The average molecular weight is 239 g/mol. The van der Waals surface area contributed by atoms with Gasteiger partial charge in [0, 0.05) is 25.9 Å². The van der Waals surface area contributed by atoms with Crippen molar-refractivity contribution in [2.24, 2.45) is 0 Å². The molecule has 0 bridgehead atoms. The Bertz CT molecular complexity index is 428. The molecule has 1 heterocycles. The predicted molar refractivity (Wildman–Crippen MR) is 61.0 cm³/mol. The van der Waals surface area contributed by atoms with Gasteiger partial charge in [-0.15, -0.1) is 0 Å². The minimum atomic E-state index is -2.12. The van der Waals surface area contributed by atoms with Gasteiger partial charge in [-0.1, -0.05) is 12.1 Å². The number of carboxylic acids is 1. The van der Waals surface area contributed by atoms with Crippen molar-refractivity contribution in [2.75, 3.05) is 18.0 Å². The molecule has 4 nitrogen and oxygen atoms in total. The van der Waals surface area contributed by atoms with Crippen LogP contribution in [0.25, 0.3) is 0 Å². The molecule has 0 radical (unpaired) electrons. The molecule has 1 aliphatic rings. The van der Waals surface area contributed by atoms with Crippen LogP contribution in [-0.4, -0.2) is 34.9 Å². The molecule has 0 amide bonds. The second kappa shape index (κ2) is 4.24. The maximum absolute atomic E-state index is 13.8. The molecule has 92 valence electrons. The molecule has 1 aromatic rings. The number of aromatic hydroxyl groups is 1. The molecule has 0 atom stereocenters. The van der Waals surface area contributed by atoms with Crippen LogP contribution >= 0.6 is 0 Å². The fraction of sp³-hybridized carbons (Fsp3) is 0.417. The van der Waals surface area contributed by atoms with Crippen LogP contribution in [0, 0.1) is 0 Å². The fourth-order valence-corrected chi connectivity index (χ4v) is 2.05. The molecule has 17 heavy (non-hydrogen) atoms. The number of hydrogen-bond donors (Lipinski definition) is 2. The first-order chi connectivity index (χ1) is 8.03. The number of alkyl halides is 1. The zero-order valence-corrected chi connectivity index (χ0v) is 9.27. The number of carboxylic acid groups (broad SMARTS) is 1. The molecule has 1 fully saturated rings. The quantitative estimate of drug-likeness (QED) is 0.826. The highest BCUT2D eigenvalue weighted by Gasteiger charge is 2.42. The van der Waals surface area contributed by atoms with E-state index in [1.54, 1.807) is 29.2 Å². The zero-order chi connectivity index (χ0) is 12.5. The Morgan fingerprint density at radius 3 is 2.41 bits per heavy atom. The van der Waals surface area contributed by atoms with Crippen LogP contribution in [0.2, 0.25) is 0 Å². The van der Waals surface area contributed by atoms with E-state index in [0.29, 0.717) is 18.8 Å². The van der Waals surface area contributed by atoms with E-state index in [1.807, 2.05) is 0 Å². The van der Waals surface area contributed by atoms with E-state index in [2.05, 4.69) is 0 Å². The smallest absolute Gasteiger partial charge is 0.341 e. The Labute approximate surface area is 98.3 Å². The normalized spacial score (nSPS) is 19.0. The molecular formula is C12H14FNO3. The molecule has 1 aliphatic heterocycles. The average Bonchev–Trinajstić information content (AvgIpc) is 2.31. The van der Waals surface area contributed by atoms with Crippen LogP contribution in [0.5, 0.6) is 5.75 Å². The third-order valence-electron chi connectivity index (χ3n) is 3.16. The van der Waals surface area contributed by atoms with Gasteiger partial charge in [0.15, 0.2) is 0 Å². The van der Waals surface area contributed by atoms with Crippen molar-refractivity contribution in [3.63, 3.8) is 0 Å². The lowest BCUT2D eigenvalue weighted by Gasteiger charge is -2.35. The first-order valence-corrected chi connectivity index (χ1v) is 5.48. The monoisotopic (exact) mass is 239 g/mol. The van der Waals surface area contributed by atoms with Gasteiger partial charge < -0.3 is 15.1 Å². The van der Waals surface area contributed by atoms with E-state index >= 15 is 0 Å². The van der Waals surface area contributed by atoms with Crippen LogP contribution in [0.3, 0.4) is 0 Å². The number of benzene rings is 1. The highest BCUT2D eigenvalue weighted by atomic mass is 19.1. The van der Waals surface area contributed by atoms with Crippen LogP contribution in [0.15, 0.2) is 24.3 Å². The summed E-state index contributed by atoms with van der Waals surface area (Å²) in [5.74, 6) is -1.26. The van der Waals surface area contributed by atoms with E-state index in [0.717, 1.165) is 0 Å². The van der Waals surface area contributed by atoms with Gasteiger partial charge in [-0.3, -0.25) is 0 Å². The van der Waals surface area contributed by atoms with Gasteiger partial charge in [-0.2, -0.15) is 0 Å². The number of hydrogen-bond acceptors (Lipinski definition) is 3. The Morgan fingerprint density at radius 1 is 1.29 bits per heavy atom. The molecule has 0 unspecified atom stereocenters. The third kappa shape index (κ3) is 2.18. The van der Waals surface area contributed by atoms with Crippen molar-refractivity contribution in [3.8, 4) is 5.75 Å². The maximum Gasteiger partial charge on any atom is 0.341 e. The number of phenolic OH excluding ortho intramolecular Hbond substituents is 1. The number of phenols is 1. The first-order valence-electron chi connectivity index (χ1n) is 5.48. The van der Waals surface area contributed by atoms with Crippen LogP contribution in [0.4, 0.5) is 10.1 Å². The Morgan fingerprint density at radius 2 is 1.88 bits per heavy atom. The van der Waals surface area contributed by atoms with E-state index < -0.39 is 11.6 Å².